The summed E-state index contributed by atoms with van der Waals surface area (Å²) in [5.74, 6) is 2.02. The van der Waals surface area contributed by atoms with Crippen LogP contribution in [0.5, 0.6) is 0 Å². The molecule has 2 aromatic carbocycles. The lowest BCUT2D eigenvalue weighted by Gasteiger charge is -2.38. The van der Waals surface area contributed by atoms with Gasteiger partial charge in [0, 0.05) is 25.6 Å². The van der Waals surface area contributed by atoms with Crippen LogP contribution in [-0.2, 0) is 0 Å². The first-order valence-corrected chi connectivity index (χ1v) is 10.4. The molecule has 4 rings (SSSR count). The number of halogens is 1. The molecule has 0 saturated carbocycles. The molecule has 1 fully saturated rings. The summed E-state index contributed by atoms with van der Waals surface area (Å²) < 4.78 is 0. The van der Waals surface area contributed by atoms with Gasteiger partial charge in [-0.15, -0.1) is 17.0 Å². The maximum Gasteiger partial charge on any atom is 0.0138 e. The lowest BCUT2D eigenvalue weighted by atomic mass is 9.79. The molecule has 4 heteroatoms. The molecule has 1 aliphatic heterocycles. The van der Waals surface area contributed by atoms with E-state index in [2.05, 4.69) is 78.2 Å². The second-order valence-electron chi connectivity index (χ2n) is 7.90. The van der Waals surface area contributed by atoms with Gasteiger partial charge in [0.2, 0.25) is 0 Å². The zero-order valence-corrected chi connectivity index (χ0v) is 18.9. The average molecular weight is 447 g/mol. The zero-order chi connectivity index (χ0) is 17.9. The third-order valence-electron chi connectivity index (χ3n) is 6.69. The van der Waals surface area contributed by atoms with Gasteiger partial charge in [0.15, 0.2) is 0 Å². The molecule has 2 aromatic rings. The molecular weight excluding hydrogens is 412 g/mol. The Hall–Kier alpha value is -1.20. The Kier molecular flexibility index (Phi) is 8.69. The summed E-state index contributed by atoms with van der Waals surface area (Å²) in [6.45, 7) is 11.8. The average Bonchev–Trinajstić information content (AvgIpc) is 3.03. The molecule has 0 bridgehead atoms. The van der Waals surface area contributed by atoms with Crippen molar-refractivity contribution in [2.45, 2.75) is 32.1 Å². The normalized spacial score (nSPS) is 23.5. The Balaban J connectivity index is 0.00000140. The fourth-order valence-electron chi connectivity index (χ4n) is 5.25. The van der Waals surface area contributed by atoms with Gasteiger partial charge in [0.25, 0.3) is 0 Å². The van der Waals surface area contributed by atoms with Gasteiger partial charge in [-0.3, -0.25) is 0 Å². The molecule has 0 radical (unpaired) electrons. The van der Waals surface area contributed by atoms with Gasteiger partial charge in [0.05, 0.1) is 0 Å². The van der Waals surface area contributed by atoms with Crippen LogP contribution in [0.4, 0.5) is 0 Å². The smallest absolute Gasteiger partial charge is 0.0138 e. The Morgan fingerprint density at radius 2 is 1.57 bits per heavy atom. The first-order chi connectivity index (χ1) is 12.8. The van der Waals surface area contributed by atoms with Crippen molar-refractivity contribution >= 4 is 17.0 Å². The Labute approximate surface area is 180 Å². The molecule has 2 aliphatic rings. The van der Waals surface area contributed by atoms with Crippen LogP contribution in [0.15, 0.2) is 54.6 Å². The SMILES string of the molecule is Br.CCN(CC)CCN1CC[C@H]2c3ccccc3[C@H](c3ccccc3)[C@H]2C1.O. The van der Waals surface area contributed by atoms with Crippen molar-refractivity contribution in [3.63, 3.8) is 0 Å². The molecule has 0 unspecified atom stereocenters. The summed E-state index contributed by atoms with van der Waals surface area (Å²) in [6.07, 6.45) is 1.31. The zero-order valence-electron chi connectivity index (χ0n) is 17.2. The predicted molar refractivity (Wildman–Crippen MR) is 124 cm³/mol. The highest BCUT2D eigenvalue weighted by Crippen LogP contribution is 2.52. The van der Waals surface area contributed by atoms with Crippen molar-refractivity contribution in [3.8, 4) is 0 Å². The van der Waals surface area contributed by atoms with Crippen LogP contribution in [0.3, 0.4) is 0 Å². The van der Waals surface area contributed by atoms with Crippen molar-refractivity contribution in [1.82, 2.24) is 9.80 Å². The van der Waals surface area contributed by atoms with Crippen molar-refractivity contribution < 1.29 is 5.48 Å². The number of hydrogen-bond acceptors (Lipinski definition) is 2. The van der Waals surface area contributed by atoms with Gasteiger partial charge in [-0.05, 0) is 54.6 Å². The maximum absolute atomic E-state index is 2.72. The first kappa shape index (κ1) is 23.1. The van der Waals surface area contributed by atoms with Crippen LogP contribution in [-0.4, -0.2) is 54.5 Å². The van der Waals surface area contributed by atoms with Crippen molar-refractivity contribution in [2.24, 2.45) is 5.92 Å². The molecule has 3 nitrogen and oxygen atoms in total. The van der Waals surface area contributed by atoms with E-state index in [1.54, 1.807) is 11.1 Å². The number of likely N-dealkylation sites (tertiary alicyclic amines) is 1. The van der Waals surface area contributed by atoms with E-state index >= 15 is 0 Å². The third-order valence-corrected chi connectivity index (χ3v) is 6.69. The molecule has 154 valence electrons. The minimum absolute atomic E-state index is 0. The summed E-state index contributed by atoms with van der Waals surface area (Å²) >= 11 is 0. The highest BCUT2D eigenvalue weighted by Gasteiger charge is 2.43. The summed E-state index contributed by atoms with van der Waals surface area (Å²) in [5, 5.41) is 0. The Morgan fingerprint density at radius 3 is 2.25 bits per heavy atom. The molecule has 28 heavy (non-hydrogen) atoms. The molecular formula is C24H35BrN2O. The molecule has 0 amide bonds. The molecule has 1 saturated heterocycles. The van der Waals surface area contributed by atoms with Crippen molar-refractivity contribution in [2.75, 3.05) is 39.3 Å². The van der Waals surface area contributed by atoms with Crippen molar-refractivity contribution in [3.05, 3.63) is 71.3 Å². The fraction of sp³-hybridized carbons (Fsp3) is 0.500. The van der Waals surface area contributed by atoms with Gasteiger partial charge in [0.1, 0.15) is 0 Å². The number of hydrogen-bond donors (Lipinski definition) is 0. The number of piperidine rings is 1. The first-order valence-electron chi connectivity index (χ1n) is 10.4. The standard InChI is InChI=1S/C24H32N2.BrH.H2O/c1-3-25(4-2)16-17-26-15-14-21-20-12-8-9-13-22(20)24(23(21)18-26)19-10-6-5-7-11-19;;/h5-13,21,23-24H,3-4,14-18H2,1-2H3;1H;1H2/t21-,23-,24-;;/m0../s1. The van der Waals surface area contributed by atoms with E-state index in [1.165, 1.54) is 38.2 Å². The second-order valence-corrected chi connectivity index (χ2v) is 7.90. The quantitative estimate of drug-likeness (QED) is 0.661. The van der Waals surface area contributed by atoms with Crippen LogP contribution in [0.2, 0.25) is 0 Å². The van der Waals surface area contributed by atoms with Crippen molar-refractivity contribution in [1.29, 1.82) is 0 Å². The van der Waals surface area contributed by atoms with Gasteiger partial charge >= 0.3 is 0 Å². The van der Waals surface area contributed by atoms with Crippen LogP contribution in [0.25, 0.3) is 0 Å². The number of rotatable bonds is 6. The molecule has 1 aliphatic carbocycles. The number of fused-ring (bicyclic) bond motifs is 3. The van der Waals surface area contributed by atoms with Crippen LogP contribution in [0, 0.1) is 5.92 Å². The van der Waals surface area contributed by atoms with Crippen LogP contribution >= 0.6 is 17.0 Å². The molecule has 0 aromatic heterocycles. The van der Waals surface area contributed by atoms with Gasteiger partial charge in [-0.2, -0.15) is 0 Å². The van der Waals surface area contributed by atoms with E-state index in [1.807, 2.05) is 0 Å². The maximum atomic E-state index is 2.72. The summed E-state index contributed by atoms with van der Waals surface area (Å²) in [4.78, 5) is 5.27. The lowest BCUT2D eigenvalue weighted by molar-refractivity contribution is 0.136. The molecule has 2 N–H and O–H groups in total. The molecule has 3 atom stereocenters. The molecule has 1 heterocycles. The number of benzene rings is 2. The summed E-state index contributed by atoms with van der Waals surface area (Å²) in [5.41, 5.74) is 4.70. The van der Waals surface area contributed by atoms with E-state index in [9.17, 15) is 0 Å². The highest BCUT2D eigenvalue weighted by molar-refractivity contribution is 8.93. The van der Waals surface area contributed by atoms with E-state index in [0.717, 1.165) is 24.9 Å². The topological polar surface area (TPSA) is 38.0 Å². The second kappa shape index (κ2) is 10.5. The third kappa shape index (κ3) is 4.51. The van der Waals surface area contributed by atoms with Crippen LogP contribution < -0.4 is 0 Å². The minimum atomic E-state index is 0. The van der Waals surface area contributed by atoms with E-state index in [-0.39, 0.29) is 22.5 Å². The predicted octanol–water partition coefficient (Wildman–Crippen LogP) is 4.33. The number of likely N-dealkylation sites (N-methyl/N-ethyl adjacent to an activating group) is 1. The van der Waals surface area contributed by atoms with E-state index in [0.29, 0.717) is 5.92 Å². The van der Waals surface area contributed by atoms with Gasteiger partial charge < -0.3 is 15.3 Å². The summed E-state index contributed by atoms with van der Waals surface area (Å²) in [7, 11) is 0. The fourth-order valence-corrected chi connectivity index (χ4v) is 5.25. The van der Waals surface area contributed by atoms with Crippen LogP contribution in [0.1, 0.15) is 48.8 Å². The summed E-state index contributed by atoms with van der Waals surface area (Å²) in [6, 6.07) is 20.4. The highest BCUT2D eigenvalue weighted by atomic mass is 79.9. The Bertz CT molecular complexity index is 720. The number of nitrogens with zero attached hydrogens (tertiary/aromatic N) is 2. The Morgan fingerprint density at radius 1 is 0.929 bits per heavy atom. The lowest BCUT2D eigenvalue weighted by Crippen LogP contribution is -2.43. The van der Waals surface area contributed by atoms with Gasteiger partial charge in [-0.25, -0.2) is 0 Å². The molecule has 0 spiro atoms. The minimum Gasteiger partial charge on any atom is -0.412 e. The van der Waals surface area contributed by atoms with E-state index in [4.69, 9.17) is 0 Å². The monoisotopic (exact) mass is 446 g/mol. The van der Waals surface area contributed by atoms with E-state index < -0.39 is 0 Å². The largest absolute Gasteiger partial charge is 0.412 e. The van der Waals surface area contributed by atoms with Gasteiger partial charge in [-0.1, -0.05) is 68.4 Å².